The van der Waals surface area contributed by atoms with E-state index in [2.05, 4.69) is 17.3 Å². The summed E-state index contributed by atoms with van der Waals surface area (Å²) in [4.78, 5) is 28.4. The molecule has 1 N–H and O–H groups in total. The Labute approximate surface area is 217 Å². The van der Waals surface area contributed by atoms with Gasteiger partial charge in [-0.05, 0) is 64.4 Å². The summed E-state index contributed by atoms with van der Waals surface area (Å²) in [6, 6.07) is 3.90. The summed E-state index contributed by atoms with van der Waals surface area (Å²) in [5.74, 6) is -0.813. The van der Waals surface area contributed by atoms with Crippen molar-refractivity contribution in [2.24, 2.45) is 11.3 Å². The molecule has 1 aliphatic heterocycles. The molecule has 5 rings (SSSR count). The van der Waals surface area contributed by atoms with Crippen LogP contribution in [0.15, 0.2) is 41.5 Å². The smallest absolute Gasteiger partial charge is 0.419 e. The van der Waals surface area contributed by atoms with Crippen molar-refractivity contribution in [1.29, 1.82) is 0 Å². The Morgan fingerprint density at radius 3 is 2.71 bits per heavy atom. The van der Waals surface area contributed by atoms with Crippen LogP contribution in [0.2, 0.25) is 0 Å². The second-order valence-electron chi connectivity index (χ2n) is 10.9. The van der Waals surface area contributed by atoms with Crippen LogP contribution in [-0.2, 0) is 17.5 Å². The minimum Gasteiger partial charge on any atom is -0.491 e. The monoisotopic (exact) mass is 534 g/mol. The predicted octanol–water partition coefficient (Wildman–Crippen LogP) is 4.17. The van der Waals surface area contributed by atoms with Crippen LogP contribution in [0.4, 0.5) is 17.6 Å². The zero-order valence-corrected chi connectivity index (χ0v) is 21.4. The molecule has 204 valence electrons. The molecular formula is C27H30F4N4O3. The molecule has 1 aliphatic carbocycles. The highest BCUT2D eigenvalue weighted by Crippen LogP contribution is 2.57. The maximum atomic E-state index is 14.0. The molecule has 1 amide bonds. The number of likely N-dealkylation sites (tertiary alicyclic amines) is 1. The maximum Gasteiger partial charge on any atom is 0.419 e. The number of amides is 1. The fourth-order valence-electron chi connectivity index (χ4n) is 5.54. The first-order chi connectivity index (χ1) is 17.9. The highest BCUT2D eigenvalue weighted by Gasteiger charge is 2.56. The van der Waals surface area contributed by atoms with E-state index in [1.807, 2.05) is 0 Å². The Kier molecular flexibility index (Phi) is 6.53. The van der Waals surface area contributed by atoms with E-state index in [-0.39, 0.29) is 28.2 Å². The van der Waals surface area contributed by atoms with E-state index in [1.165, 1.54) is 10.6 Å². The first-order valence-electron chi connectivity index (χ1n) is 12.6. The molecule has 7 nitrogen and oxygen atoms in total. The molecule has 1 saturated heterocycles. The normalized spacial score (nSPS) is 21.5. The topological polar surface area (TPSA) is 68.0 Å². The molecular weight excluding hydrogens is 504 g/mol. The van der Waals surface area contributed by atoms with Crippen LogP contribution in [0.3, 0.4) is 0 Å². The summed E-state index contributed by atoms with van der Waals surface area (Å²) in [6.07, 6.45) is 0.367. The summed E-state index contributed by atoms with van der Waals surface area (Å²) >= 11 is 0. The van der Waals surface area contributed by atoms with Crippen LogP contribution in [-0.4, -0.2) is 52.6 Å². The number of carbonyl (C=O) groups is 1. The number of nitrogens with zero attached hydrogens (tertiary/aromatic N) is 3. The van der Waals surface area contributed by atoms with Gasteiger partial charge >= 0.3 is 6.18 Å². The third-order valence-electron chi connectivity index (χ3n) is 7.49. The Morgan fingerprint density at radius 2 is 2.00 bits per heavy atom. The van der Waals surface area contributed by atoms with Gasteiger partial charge in [0.25, 0.3) is 5.56 Å². The molecule has 0 spiro atoms. The van der Waals surface area contributed by atoms with Crippen molar-refractivity contribution >= 4 is 11.4 Å². The number of alkyl halides is 3. The third kappa shape index (κ3) is 5.03. The molecule has 2 aromatic heterocycles. The van der Waals surface area contributed by atoms with Crippen molar-refractivity contribution < 1.29 is 27.1 Å². The summed E-state index contributed by atoms with van der Waals surface area (Å²) in [5.41, 5.74) is -1.71. The van der Waals surface area contributed by atoms with Crippen molar-refractivity contribution in [1.82, 2.24) is 19.2 Å². The molecule has 3 heterocycles. The standard InChI is InChI=1S/C27H30F4N4O3/c1-16(2)32-24(36)13-35-23(17-4-5-21(28)20(8-17)27(29,30)31)12-34-11-19(9-22(34)25(35)37)38-15-26-10-18(26)6-7-33(3)14-26/h4-5,8-9,11-12,16,18H,6-7,10,13-15H2,1-3H3,(H,32,36)/t18-,26-/m0/s1. The summed E-state index contributed by atoms with van der Waals surface area (Å²) in [5, 5.41) is 2.69. The van der Waals surface area contributed by atoms with Crippen molar-refractivity contribution in [3.8, 4) is 17.0 Å². The number of carbonyl (C=O) groups excluding carboxylic acids is 1. The van der Waals surface area contributed by atoms with Crippen LogP contribution in [0.25, 0.3) is 16.8 Å². The van der Waals surface area contributed by atoms with Gasteiger partial charge in [-0.2, -0.15) is 13.2 Å². The lowest BCUT2D eigenvalue weighted by molar-refractivity contribution is -0.140. The van der Waals surface area contributed by atoms with Crippen molar-refractivity contribution in [3.05, 3.63) is 58.4 Å². The summed E-state index contributed by atoms with van der Waals surface area (Å²) in [6.45, 7) is 5.60. The lowest BCUT2D eigenvalue weighted by Crippen LogP contribution is -2.37. The minimum atomic E-state index is -4.92. The molecule has 0 radical (unpaired) electrons. The molecule has 38 heavy (non-hydrogen) atoms. The molecule has 2 fully saturated rings. The van der Waals surface area contributed by atoms with E-state index < -0.39 is 35.6 Å². The fraction of sp³-hybridized carbons (Fsp3) is 0.481. The van der Waals surface area contributed by atoms with Crippen LogP contribution >= 0.6 is 0 Å². The number of nitrogens with one attached hydrogen (secondary N) is 1. The van der Waals surface area contributed by atoms with Crippen molar-refractivity contribution in [2.75, 3.05) is 26.7 Å². The Morgan fingerprint density at radius 1 is 1.24 bits per heavy atom. The van der Waals surface area contributed by atoms with Gasteiger partial charge in [-0.15, -0.1) is 0 Å². The first-order valence-corrected chi connectivity index (χ1v) is 12.6. The maximum absolute atomic E-state index is 14.0. The number of aromatic nitrogens is 2. The Bertz CT molecular complexity index is 1440. The summed E-state index contributed by atoms with van der Waals surface area (Å²) in [7, 11) is 2.09. The summed E-state index contributed by atoms with van der Waals surface area (Å²) < 4.78 is 63.0. The lowest BCUT2D eigenvalue weighted by atomic mass is 9.99. The second-order valence-corrected chi connectivity index (χ2v) is 10.9. The SMILES string of the molecule is CC(C)NC(=O)Cn1c(-c2ccc(F)c(C(F)(F)F)c2)cn2cc(OC[C@@]34C[C@@H]3CCN(C)C4)cc2c1=O. The number of halogens is 4. The van der Waals surface area contributed by atoms with Gasteiger partial charge in [0.15, 0.2) is 0 Å². The Hall–Kier alpha value is -3.34. The van der Waals surface area contributed by atoms with E-state index >= 15 is 0 Å². The third-order valence-corrected chi connectivity index (χ3v) is 7.49. The fourth-order valence-corrected chi connectivity index (χ4v) is 5.54. The number of hydrogen-bond donors (Lipinski definition) is 1. The molecule has 0 bridgehead atoms. The van der Waals surface area contributed by atoms with Crippen LogP contribution < -0.4 is 15.6 Å². The molecule has 3 aromatic rings. The first kappa shape index (κ1) is 26.3. The van der Waals surface area contributed by atoms with Gasteiger partial charge in [0.05, 0.1) is 24.1 Å². The number of hydrogen-bond acceptors (Lipinski definition) is 4. The molecule has 11 heteroatoms. The molecule has 1 saturated carbocycles. The Balaban J connectivity index is 1.54. The van der Waals surface area contributed by atoms with E-state index in [1.54, 1.807) is 26.1 Å². The predicted molar refractivity (Wildman–Crippen MR) is 133 cm³/mol. The van der Waals surface area contributed by atoms with Gasteiger partial charge in [0, 0.05) is 35.8 Å². The minimum absolute atomic E-state index is 0.0452. The lowest BCUT2D eigenvalue weighted by Gasteiger charge is -2.29. The van der Waals surface area contributed by atoms with Gasteiger partial charge in [0.2, 0.25) is 5.91 Å². The van der Waals surface area contributed by atoms with Crippen molar-refractivity contribution in [2.45, 2.75) is 45.5 Å². The quantitative estimate of drug-likeness (QED) is 0.462. The molecule has 0 unspecified atom stereocenters. The average Bonchev–Trinajstić information content (AvgIpc) is 3.38. The number of piperidine rings is 1. The largest absolute Gasteiger partial charge is 0.491 e. The zero-order chi connectivity index (χ0) is 27.4. The number of rotatable bonds is 7. The van der Waals surface area contributed by atoms with Gasteiger partial charge in [-0.25, -0.2) is 4.39 Å². The highest BCUT2D eigenvalue weighted by molar-refractivity contribution is 5.77. The zero-order valence-electron chi connectivity index (χ0n) is 21.4. The van der Waals surface area contributed by atoms with Crippen molar-refractivity contribution in [3.63, 3.8) is 0 Å². The van der Waals surface area contributed by atoms with E-state index in [0.29, 0.717) is 30.4 Å². The van der Waals surface area contributed by atoms with Crippen LogP contribution in [0.5, 0.6) is 5.75 Å². The number of ether oxygens (including phenoxy) is 1. The second kappa shape index (κ2) is 9.44. The van der Waals surface area contributed by atoms with Gasteiger partial charge in [-0.1, -0.05) is 0 Å². The number of fused-ring (bicyclic) bond motifs is 2. The van der Waals surface area contributed by atoms with E-state index in [4.69, 9.17) is 4.74 Å². The molecule has 1 aromatic carbocycles. The average molecular weight is 535 g/mol. The number of benzene rings is 1. The van der Waals surface area contributed by atoms with Crippen LogP contribution in [0, 0.1) is 17.2 Å². The van der Waals surface area contributed by atoms with Gasteiger partial charge in [-0.3, -0.25) is 14.2 Å². The molecule has 2 aliphatic rings. The molecule has 2 atom stereocenters. The highest BCUT2D eigenvalue weighted by atomic mass is 19.4. The van der Waals surface area contributed by atoms with Crippen LogP contribution in [0.1, 0.15) is 32.3 Å². The van der Waals surface area contributed by atoms with E-state index in [9.17, 15) is 27.2 Å². The van der Waals surface area contributed by atoms with Gasteiger partial charge < -0.3 is 19.4 Å². The van der Waals surface area contributed by atoms with Gasteiger partial charge in [0.1, 0.15) is 23.6 Å². The van der Waals surface area contributed by atoms with E-state index in [0.717, 1.165) is 36.6 Å².